The molecule has 3 aromatic rings. The summed E-state index contributed by atoms with van der Waals surface area (Å²) >= 11 is 0. The summed E-state index contributed by atoms with van der Waals surface area (Å²) in [6.07, 6.45) is -3.92. The lowest BCUT2D eigenvalue weighted by molar-refractivity contribution is -0.145. The normalized spacial score (nSPS) is 11.4. The molecule has 5 nitrogen and oxygen atoms in total. The van der Waals surface area contributed by atoms with Crippen LogP contribution in [0, 0.1) is 13.8 Å². The largest absolute Gasteiger partial charge is 0.480 e. The Balaban J connectivity index is 1.97. The molecule has 0 radical (unpaired) electrons. The van der Waals surface area contributed by atoms with Crippen molar-refractivity contribution in [1.82, 2.24) is 15.3 Å². The third kappa shape index (κ3) is 4.76. The Hall–Kier alpha value is -3.42. The van der Waals surface area contributed by atoms with Crippen LogP contribution in [0.1, 0.15) is 44.5 Å². The molecule has 1 N–H and O–H groups in total. The number of hydrogen-bond acceptors (Lipinski definition) is 4. The lowest BCUT2D eigenvalue weighted by atomic mass is 9.96. The minimum absolute atomic E-state index is 0.185. The number of aryl methyl sites for hydroxylation is 2. The number of halogens is 3. The molecule has 0 aliphatic carbocycles. The molecule has 156 valence electrons. The molecule has 0 atom stereocenters. The number of hydrogen-bond donors (Lipinski definition) is 1. The van der Waals surface area contributed by atoms with Gasteiger partial charge in [-0.05, 0) is 25.0 Å². The molecule has 3 rings (SSSR count). The van der Waals surface area contributed by atoms with E-state index in [1.165, 1.54) is 0 Å². The minimum Gasteiger partial charge on any atom is -0.480 e. The van der Waals surface area contributed by atoms with Crippen molar-refractivity contribution >= 4 is 5.91 Å². The molecule has 2 aromatic carbocycles. The summed E-state index contributed by atoms with van der Waals surface area (Å²) in [5.74, 6) is -2.46. The second kappa shape index (κ2) is 8.52. The number of aromatic nitrogens is 2. The van der Waals surface area contributed by atoms with Gasteiger partial charge >= 0.3 is 6.18 Å². The lowest BCUT2D eigenvalue weighted by Gasteiger charge is -2.21. The van der Waals surface area contributed by atoms with Crippen LogP contribution in [-0.4, -0.2) is 23.0 Å². The van der Waals surface area contributed by atoms with E-state index in [2.05, 4.69) is 15.3 Å². The number of carbonyl (C=O) groups excluding carboxylic acids is 1. The first-order valence-electron chi connectivity index (χ1n) is 9.11. The van der Waals surface area contributed by atoms with E-state index in [0.717, 1.165) is 35.6 Å². The molecular weight excluding hydrogens is 395 g/mol. The maximum absolute atomic E-state index is 12.9. The van der Waals surface area contributed by atoms with Crippen molar-refractivity contribution in [2.24, 2.45) is 0 Å². The summed E-state index contributed by atoms with van der Waals surface area (Å²) < 4.78 is 43.5. The molecule has 0 aliphatic heterocycles. The van der Waals surface area contributed by atoms with E-state index < -0.39 is 29.8 Å². The zero-order chi connectivity index (χ0) is 21.9. The third-order valence-corrected chi connectivity index (χ3v) is 4.54. The first kappa shape index (κ1) is 21.3. The highest BCUT2D eigenvalue weighted by molar-refractivity contribution is 5.96. The zero-order valence-corrected chi connectivity index (χ0v) is 16.6. The summed E-state index contributed by atoms with van der Waals surface area (Å²) in [6.45, 7) is 3.90. The summed E-state index contributed by atoms with van der Waals surface area (Å²) in [5, 5.41) is 2.86. The van der Waals surface area contributed by atoms with E-state index in [0.29, 0.717) is 0 Å². The molecule has 8 heteroatoms. The Kier molecular flexibility index (Phi) is 6.05. The molecule has 1 aromatic heterocycles. The van der Waals surface area contributed by atoms with E-state index in [-0.39, 0.29) is 5.56 Å². The number of carbonyl (C=O) groups is 1. The number of nitrogens with one attached hydrogen (secondary N) is 1. The number of alkyl halides is 3. The van der Waals surface area contributed by atoms with Crippen LogP contribution in [0.2, 0.25) is 0 Å². The molecule has 0 saturated carbocycles. The highest BCUT2D eigenvalue weighted by Crippen LogP contribution is 2.29. The van der Waals surface area contributed by atoms with Gasteiger partial charge < -0.3 is 10.1 Å². The van der Waals surface area contributed by atoms with Crippen LogP contribution in [0.15, 0.2) is 54.7 Å². The van der Waals surface area contributed by atoms with Crippen molar-refractivity contribution < 1.29 is 22.7 Å². The summed E-state index contributed by atoms with van der Waals surface area (Å²) in [6, 6.07) is 14.7. The van der Waals surface area contributed by atoms with Crippen LogP contribution >= 0.6 is 0 Å². The number of nitrogens with zero attached hydrogens (tertiary/aromatic N) is 2. The van der Waals surface area contributed by atoms with Gasteiger partial charge in [-0.2, -0.15) is 18.2 Å². The van der Waals surface area contributed by atoms with Crippen LogP contribution < -0.4 is 10.1 Å². The maximum Gasteiger partial charge on any atom is 0.451 e. The molecule has 0 fully saturated rings. The quantitative estimate of drug-likeness (QED) is 0.659. The average Bonchev–Trinajstić information content (AvgIpc) is 2.72. The molecule has 0 aliphatic rings. The van der Waals surface area contributed by atoms with Crippen molar-refractivity contribution in [2.75, 3.05) is 7.11 Å². The first-order valence-corrected chi connectivity index (χ1v) is 9.11. The Morgan fingerprint density at radius 2 is 1.47 bits per heavy atom. The van der Waals surface area contributed by atoms with Crippen LogP contribution in [0.4, 0.5) is 13.2 Å². The van der Waals surface area contributed by atoms with Crippen molar-refractivity contribution in [1.29, 1.82) is 0 Å². The van der Waals surface area contributed by atoms with E-state index in [4.69, 9.17) is 4.74 Å². The molecule has 1 heterocycles. The van der Waals surface area contributed by atoms with Crippen molar-refractivity contribution in [3.8, 4) is 5.88 Å². The second-order valence-electron chi connectivity index (χ2n) is 6.84. The monoisotopic (exact) mass is 415 g/mol. The Bertz CT molecular complexity index is 987. The van der Waals surface area contributed by atoms with Gasteiger partial charge in [0, 0.05) is 6.20 Å². The highest BCUT2D eigenvalue weighted by Gasteiger charge is 2.36. The third-order valence-electron chi connectivity index (χ3n) is 4.54. The predicted octanol–water partition coefficient (Wildman–Crippen LogP) is 4.64. The van der Waals surface area contributed by atoms with Crippen LogP contribution in [-0.2, 0) is 6.18 Å². The van der Waals surface area contributed by atoms with Gasteiger partial charge in [-0.3, -0.25) is 4.79 Å². The van der Waals surface area contributed by atoms with Crippen molar-refractivity contribution in [3.63, 3.8) is 0 Å². The van der Waals surface area contributed by atoms with Crippen LogP contribution in [0.3, 0.4) is 0 Å². The molecule has 0 unspecified atom stereocenters. The average molecular weight is 415 g/mol. The van der Waals surface area contributed by atoms with Gasteiger partial charge in [-0.25, -0.2) is 4.98 Å². The summed E-state index contributed by atoms with van der Waals surface area (Å²) in [4.78, 5) is 19.5. The SMILES string of the molecule is COc1nc(C(F)(F)F)ncc1C(=O)NC(c1ccc(C)cc1)c1ccc(C)cc1. The number of methoxy groups -OCH3 is 1. The van der Waals surface area contributed by atoms with Gasteiger partial charge in [0.05, 0.1) is 13.2 Å². The van der Waals surface area contributed by atoms with E-state index >= 15 is 0 Å². The van der Waals surface area contributed by atoms with Gasteiger partial charge in [0.1, 0.15) is 5.56 Å². The lowest BCUT2D eigenvalue weighted by Crippen LogP contribution is -2.30. The number of benzene rings is 2. The zero-order valence-electron chi connectivity index (χ0n) is 16.6. The van der Waals surface area contributed by atoms with Gasteiger partial charge in [-0.1, -0.05) is 59.7 Å². The fraction of sp³-hybridized carbons (Fsp3) is 0.227. The standard InChI is InChI=1S/C22H20F3N3O2/c1-13-4-8-15(9-5-13)18(16-10-6-14(2)7-11-16)27-19(29)17-12-26-21(22(23,24)25)28-20(17)30-3/h4-12,18H,1-3H3,(H,27,29). The molecule has 0 saturated heterocycles. The second-order valence-corrected chi connectivity index (χ2v) is 6.84. The Morgan fingerprint density at radius 3 is 1.90 bits per heavy atom. The number of amides is 1. The van der Waals surface area contributed by atoms with Crippen molar-refractivity contribution in [3.05, 3.63) is 88.4 Å². The molecular formula is C22H20F3N3O2. The molecule has 1 amide bonds. The van der Waals surface area contributed by atoms with Crippen molar-refractivity contribution in [2.45, 2.75) is 26.1 Å². The number of ether oxygens (including phenoxy) is 1. The van der Waals surface area contributed by atoms with Gasteiger partial charge in [0.15, 0.2) is 0 Å². The van der Waals surface area contributed by atoms with E-state index in [1.54, 1.807) is 0 Å². The smallest absolute Gasteiger partial charge is 0.451 e. The Labute approximate surface area is 171 Å². The van der Waals surface area contributed by atoms with Crippen LogP contribution in [0.25, 0.3) is 0 Å². The maximum atomic E-state index is 12.9. The van der Waals surface area contributed by atoms with Gasteiger partial charge in [0.25, 0.3) is 5.91 Å². The Morgan fingerprint density at radius 1 is 0.967 bits per heavy atom. The van der Waals surface area contributed by atoms with Gasteiger partial charge in [0.2, 0.25) is 11.7 Å². The molecule has 30 heavy (non-hydrogen) atoms. The highest BCUT2D eigenvalue weighted by atomic mass is 19.4. The summed E-state index contributed by atoms with van der Waals surface area (Å²) in [5.41, 5.74) is 3.58. The van der Waals surface area contributed by atoms with Crippen LogP contribution in [0.5, 0.6) is 5.88 Å². The molecule has 0 bridgehead atoms. The van der Waals surface area contributed by atoms with E-state index in [9.17, 15) is 18.0 Å². The summed E-state index contributed by atoms with van der Waals surface area (Å²) in [7, 11) is 1.15. The van der Waals surface area contributed by atoms with Gasteiger partial charge in [-0.15, -0.1) is 0 Å². The first-order chi connectivity index (χ1) is 14.2. The minimum atomic E-state index is -4.74. The predicted molar refractivity (Wildman–Crippen MR) is 105 cm³/mol. The fourth-order valence-corrected chi connectivity index (χ4v) is 2.90. The fourth-order valence-electron chi connectivity index (χ4n) is 2.90. The molecule has 0 spiro atoms. The topological polar surface area (TPSA) is 64.1 Å². The number of rotatable bonds is 5. The van der Waals surface area contributed by atoms with E-state index in [1.807, 2.05) is 62.4 Å².